The van der Waals surface area contributed by atoms with Crippen molar-refractivity contribution in [1.82, 2.24) is 14.9 Å². The Morgan fingerprint density at radius 1 is 1.08 bits per heavy atom. The number of H-pyrrole nitrogens is 1. The van der Waals surface area contributed by atoms with Crippen LogP contribution in [0.15, 0.2) is 53.6 Å². The second-order valence-electron chi connectivity index (χ2n) is 7.01. The Kier molecular flexibility index (Phi) is 5.04. The van der Waals surface area contributed by atoms with Crippen LogP contribution < -0.4 is 4.74 Å². The van der Waals surface area contributed by atoms with Crippen LogP contribution in [-0.4, -0.2) is 28.2 Å². The fraction of sp³-hybridized carbons (Fsp3) is 0.250. The minimum Gasteiger partial charge on any atom is -0.497 e. The molecule has 5 nitrogen and oxygen atoms in total. The maximum atomic E-state index is 5.32. The van der Waals surface area contributed by atoms with Crippen molar-refractivity contribution in [3.8, 4) is 17.1 Å². The monoisotopic (exact) mass is 366 g/mol. The summed E-state index contributed by atoms with van der Waals surface area (Å²) in [7, 11) is 1.64. The van der Waals surface area contributed by atoms with Crippen LogP contribution in [0.25, 0.3) is 11.4 Å². The fourth-order valence-electron chi connectivity index (χ4n) is 2.52. The molecule has 3 aromatic rings. The maximum Gasteiger partial charge on any atom is 0.216 e. The van der Waals surface area contributed by atoms with Crippen LogP contribution >= 0.6 is 12.2 Å². The summed E-state index contributed by atoms with van der Waals surface area (Å²) in [5.41, 5.74) is 3.28. The van der Waals surface area contributed by atoms with E-state index in [-0.39, 0.29) is 5.41 Å². The third-order valence-electron chi connectivity index (χ3n) is 4.10. The first kappa shape index (κ1) is 18.1. The molecule has 0 saturated heterocycles. The Morgan fingerprint density at radius 2 is 1.73 bits per heavy atom. The molecule has 0 amide bonds. The summed E-state index contributed by atoms with van der Waals surface area (Å²) in [5.74, 6) is 1.49. The van der Waals surface area contributed by atoms with Crippen LogP contribution in [0.3, 0.4) is 0 Å². The number of hydrogen-bond donors (Lipinski definition) is 1. The Morgan fingerprint density at radius 3 is 2.31 bits per heavy atom. The van der Waals surface area contributed by atoms with Gasteiger partial charge in [-0.05, 0) is 53.0 Å². The smallest absolute Gasteiger partial charge is 0.216 e. The minimum absolute atomic E-state index is 0.107. The largest absolute Gasteiger partial charge is 0.497 e. The lowest BCUT2D eigenvalue weighted by molar-refractivity contribution is 0.415. The molecule has 0 saturated carbocycles. The molecule has 0 aliphatic carbocycles. The van der Waals surface area contributed by atoms with Crippen molar-refractivity contribution in [2.45, 2.75) is 26.2 Å². The van der Waals surface area contributed by atoms with Crippen molar-refractivity contribution in [2.75, 3.05) is 7.11 Å². The number of hydrogen-bond acceptors (Lipinski definition) is 4. The molecule has 6 heteroatoms. The summed E-state index contributed by atoms with van der Waals surface area (Å²) >= 11 is 5.32. The third kappa shape index (κ3) is 3.91. The van der Waals surface area contributed by atoms with Crippen molar-refractivity contribution in [1.29, 1.82) is 0 Å². The van der Waals surface area contributed by atoms with E-state index in [4.69, 9.17) is 17.0 Å². The minimum atomic E-state index is 0.107. The zero-order chi connectivity index (χ0) is 18.7. The van der Waals surface area contributed by atoms with E-state index in [0.29, 0.717) is 10.6 Å². The Balaban J connectivity index is 1.91. The lowest BCUT2D eigenvalue weighted by Gasteiger charge is -2.18. The molecule has 1 aromatic heterocycles. The molecule has 0 atom stereocenters. The molecule has 26 heavy (non-hydrogen) atoms. The number of aromatic nitrogens is 3. The first-order valence-electron chi connectivity index (χ1n) is 8.35. The first-order chi connectivity index (χ1) is 12.4. The van der Waals surface area contributed by atoms with Gasteiger partial charge >= 0.3 is 0 Å². The van der Waals surface area contributed by atoms with Gasteiger partial charge in [0, 0.05) is 5.56 Å². The highest BCUT2D eigenvalue weighted by molar-refractivity contribution is 7.71. The standard InChI is InChI=1S/C20H22N4OS/c1-20(2,3)16-9-7-15(8-10-16)18-22-23-19(26)24(18)21-13-14-5-11-17(25-4)12-6-14/h5-13H,1-4H3,(H,23,26)/b21-13+. The molecule has 1 N–H and O–H groups in total. The molecule has 2 aromatic carbocycles. The van der Waals surface area contributed by atoms with Gasteiger partial charge in [0.25, 0.3) is 0 Å². The lowest BCUT2D eigenvalue weighted by Crippen LogP contribution is -2.10. The van der Waals surface area contributed by atoms with Gasteiger partial charge in [-0.3, -0.25) is 0 Å². The molecule has 0 bridgehead atoms. The first-order valence-corrected chi connectivity index (χ1v) is 8.76. The number of methoxy groups -OCH3 is 1. The number of aromatic amines is 1. The predicted molar refractivity (Wildman–Crippen MR) is 108 cm³/mol. The summed E-state index contributed by atoms with van der Waals surface area (Å²) < 4.78 is 7.25. The fourth-order valence-corrected chi connectivity index (χ4v) is 2.70. The molecule has 0 radical (unpaired) electrons. The molecule has 0 spiro atoms. The topological polar surface area (TPSA) is 55.2 Å². The molecule has 134 valence electrons. The molecular formula is C20H22N4OS. The van der Waals surface area contributed by atoms with Crippen LogP contribution in [0.5, 0.6) is 5.75 Å². The summed E-state index contributed by atoms with van der Waals surface area (Å²) in [5, 5.41) is 11.6. The zero-order valence-electron chi connectivity index (χ0n) is 15.4. The van der Waals surface area contributed by atoms with Crippen LogP contribution in [0.1, 0.15) is 31.9 Å². The van der Waals surface area contributed by atoms with Crippen molar-refractivity contribution >= 4 is 18.4 Å². The zero-order valence-corrected chi connectivity index (χ0v) is 16.2. The average Bonchev–Trinajstić information content (AvgIpc) is 3.00. The van der Waals surface area contributed by atoms with E-state index in [1.165, 1.54) is 5.56 Å². The van der Waals surface area contributed by atoms with Crippen molar-refractivity contribution < 1.29 is 4.74 Å². The Bertz CT molecular complexity index is 961. The normalized spacial score (nSPS) is 11.8. The summed E-state index contributed by atoms with van der Waals surface area (Å²) in [6.45, 7) is 6.58. The number of nitrogens with zero attached hydrogens (tertiary/aromatic N) is 3. The molecular weight excluding hydrogens is 344 g/mol. The SMILES string of the molecule is COc1ccc(/C=N/n2c(-c3ccc(C(C)(C)C)cc3)n[nH]c2=S)cc1. The van der Waals surface area contributed by atoms with E-state index in [9.17, 15) is 0 Å². The van der Waals surface area contributed by atoms with E-state index >= 15 is 0 Å². The van der Waals surface area contributed by atoms with Gasteiger partial charge < -0.3 is 4.74 Å². The van der Waals surface area contributed by atoms with Gasteiger partial charge in [-0.2, -0.15) is 14.9 Å². The lowest BCUT2D eigenvalue weighted by atomic mass is 9.87. The highest BCUT2D eigenvalue weighted by Crippen LogP contribution is 2.25. The van der Waals surface area contributed by atoms with Crippen molar-refractivity contribution in [2.24, 2.45) is 5.10 Å². The van der Waals surface area contributed by atoms with Crippen molar-refractivity contribution in [3.05, 3.63) is 64.4 Å². The Labute approximate surface area is 158 Å². The molecule has 0 fully saturated rings. The van der Waals surface area contributed by atoms with Gasteiger partial charge in [0.1, 0.15) is 5.75 Å². The summed E-state index contributed by atoms with van der Waals surface area (Å²) in [6, 6.07) is 16.0. The maximum absolute atomic E-state index is 5.32. The van der Waals surface area contributed by atoms with Gasteiger partial charge in [-0.15, -0.1) is 0 Å². The molecule has 1 heterocycles. The van der Waals surface area contributed by atoms with Crippen molar-refractivity contribution in [3.63, 3.8) is 0 Å². The second-order valence-corrected chi connectivity index (χ2v) is 7.40. The molecule has 0 aliphatic rings. The number of nitrogens with one attached hydrogen (secondary N) is 1. The van der Waals surface area contributed by atoms with Gasteiger partial charge in [0.05, 0.1) is 13.3 Å². The van der Waals surface area contributed by atoms with Gasteiger partial charge in [-0.25, -0.2) is 5.10 Å². The van der Waals surface area contributed by atoms with Gasteiger partial charge in [0.15, 0.2) is 5.82 Å². The molecule has 3 rings (SSSR count). The van der Waals surface area contributed by atoms with Crippen LogP contribution in [0.2, 0.25) is 0 Å². The molecule has 0 aliphatic heterocycles. The average molecular weight is 366 g/mol. The van der Waals surface area contributed by atoms with E-state index in [1.54, 1.807) is 18.0 Å². The number of rotatable bonds is 4. The quantitative estimate of drug-likeness (QED) is 0.533. The van der Waals surface area contributed by atoms with E-state index in [1.807, 2.05) is 36.4 Å². The van der Waals surface area contributed by atoms with Gasteiger partial charge in [-0.1, -0.05) is 45.0 Å². The highest BCUT2D eigenvalue weighted by Gasteiger charge is 2.14. The second kappa shape index (κ2) is 7.25. The van der Waals surface area contributed by atoms with E-state index in [2.05, 4.69) is 48.2 Å². The number of benzene rings is 2. The Hall–Kier alpha value is -2.73. The summed E-state index contributed by atoms with van der Waals surface area (Å²) in [4.78, 5) is 0. The predicted octanol–water partition coefficient (Wildman–Crippen LogP) is 4.80. The van der Waals surface area contributed by atoms with Gasteiger partial charge in [0.2, 0.25) is 4.77 Å². The van der Waals surface area contributed by atoms with Crippen LogP contribution in [-0.2, 0) is 5.41 Å². The van der Waals surface area contributed by atoms with E-state index in [0.717, 1.165) is 16.9 Å². The summed E-state index contributed by atoms with van der Waals surface area (Å²) in [6.07, 6.45) is 1.75. The van der Waals surface area contributed by atoms with Crippen LogP contribution in [0.4, 0.5) is 0 Å². The van der Waals surface area contributed by atoms with Crippen LogP contribution in [0, 0.1) is 4.77 Å². The number of ether oxygens (including phenoxy) is 1. The molecule has 0 unspecified atom stereocenters. The third-order valence-corrected chi connectivity index (χ3v) is 4.36. The highest BCUT2D eigenvalue weighted by atomic mass is 32.1. The van der Waals surface area contributed by atoms with E-state index < -0.39 is 0 Å².